The van der Waals surface area contributed by atoms with Crippen LogP contribution in [0.2, 0.25) is 0 Å². The van der Waals surface area contributed by atoms with Crippen LogP contribution in [0.25, 0.3) is 0 Å². The molecule has 0 radical (unpaired) electrons. The van der Waals surface area contributed by atoms with Crippen molar-refractivity contribution in [3.63, 3.8) is 0 Å². The fraction of sp³-hybridized carbons (Fsp3) is 0.423. The average Bonchev–Trinajstić information content (AvgIpc) is 3.58. The SMILES string of the molecule is COC(=O)/C(=C\CSC)NC(=O)CN(Cc1ccccc1C#N)C[C@@H]1CCCN1C(=O)Cc1cnc[nH]1. The second kappa shape index (κ2) is 14.2. The molecule has 1 aliphatic heterocycles. The minimum absolute atomic E-state index is 0.00144. The number of amides is 2. The fourth-order valence-corrected chi connectivity index (χ4v) is 4.68. The van der Waals surface area contributed by atoms with Crippen LogP contribution in [-0.4, -0.2) is 82.3 Å². The summed E-state index contributed by atoms with van der Waals surface area (Å²) >= 11 is 1.51. The molecular weight excluding hydrogens is 492 g/mol. The molecule has 1 aliphatic rings. The number of likely N-dealkylation sites (tertiary alicyclic amines) is 1. The second-order valence-corrected chi connectivity index (χ2v) is 9.60. The van der Waals surface area contributed by atoms with Crippen LogP contribution in [0.4, 0.5) is 0 Å². The van der Waals surface area contributed by atoms with Gasteiger partial charge < -0.3 is 19.9 Å². The van der Waals surface area contributed by atoms with E-state index in [9.17, 15) is 19.6 Å². The van der Waals surface area contributed by atoms with E-state index in [2.05, 4.69) is 21.4 Å². The van der Waals surface area contributed by atoms with E-state index in [1.807, 2.05) is 28.2 Å². The fourth-order valence-electron chi connectivity index (χ4n) is 4.35. The van der Waals surface area contributed by atoms with Gasteiger partial charge in [0.1, 0.15) is 5.70 Å². The molecule has 3 rings (SSSR count). The number of thioether (sulfide) groups is 1. The maximum absolute atomic E-state index is 13.0. The summed E-state index contributed by atoms with van der Waals surface area (Å²) in [6.45, 7) is 1.42. The zero-order valence-electron chi connectivity index (χ0n) is 21.1. The number of carbonyl (C=O) groups is 3. The van der Waals surface area contributed by atoms with Crippen molar-refractivity contribution in [2.24, 2.45) is 0 Å². The number of carbonyl (C=O) groups excluding carboxylic acids is 3. The van der Waals surface area contributed by atoms with Gasteiger partial charge in [0, 0.05) is 43.3 Å². The number of nitrogens with zero attached hydrogens (tertiary/aromatic N) is 4. The van der Waals surface area contributed by atoms with Gasteiger partial charge in [-0.25, -0.2) is 9.78 Å². The summed E-state index contributed by atoms with van der Waals surface area (Å²) in [5.74, 6) is -0.448. The highest BCUT2D eigenvalue weighted by Crippen LogP contribution is 2.21. The summed E-state index contributed by atoms with van der Waals surface area (Å²) in [6, 6.07) is 9.37. The van der Waals surface area contributed by atoms with Crippen LogP contribution < -0.4 is 5.32 Å². The highest BCUT2D eigenvalue weighted by molar-refractivity contribution is 7.98. The number of benzene rings is 1. The Kier molecular flexibility index (Phi) is 10.7. The Bertz CT molecular complexity index is 1140. The van der Waals surface area contributed by atoms with Gasteiger partial charge in [-0.1, -0.05) is 18.2 Å². The van der Waals surface area contributed by atoms with Crippen LogP contribution in [0.3, 0.4) is 0 Å². The first-order valence-electron chi connectivity index (χ1n) is 12.0. The monoisotopic (exact) mass is 524 g/mol. The Labute approximate surface area is 221 Å². The van der Waals surface area contributed by atoms with Gasteiger partial charge in [-0.3, -0.25) is 14.5 Å². The van der Waals surface area contributed by atoms with Crippen molar-refractivity contribution in [3.05, 3.63) is 65.4 Å². The molecule has 2 N–H and O–H groups in total. The van der Waals surface area contributed by atoms with Crippen molar-refractivity contribution in [1.29, 1.82) is 5.26 Å². The number of esters is 1. The lowest BCUT2D eigenvalue weighted by molar-refractivity contribution is -0.138. The van der Waals surface area contributed by atoms with Crippen LogP contribution >= 0.6 is 11.8 Å². The minimum Gasteiger partial charge on any atom is -0.464 e. The van der Waals surface area contributed by atoms with Crippen molar-refractivity contribution in [2.75, 3.05) is 38.8 Å². The Hall–Kier alpha value is -3.62. The van der Waals surface area contributed by atoms with Crippen molar-refractivity contribution in [1.82, 2.24) is 25.1 Å². The van der Waals surface area contributed by atoms with Crippen LogP contribution in [0, 0.1) is 11.3 Å². The zero-order chi connectivity index (χ0) is 26.6. The summed E-state index contributed by atoms with van der Waals surface area (Å²) in [7, 11) is 1.27. The van der Waals surface area contributed by atoms with E-state index in [1.54, 1.807) is 30.7 Å². The van der Waals surface area contributed by atoms with Gasteiger partial charge >= 0.3 is 5.97 Å². The number of rotatable bonds is 12. The number of ether oxygens (including phenoxy) is 1. The second-order valence-electron chi connectivity index (χ2n) is 8.69. The van der Waals surface area contributed by atoms with E-state index in [0.29, 0.717) is 31.0 Å². The standard InChI is InChI=1S/C26H32N6O4S/c1-36-26(35)23(9-11-37-2)30-24(33)17-31(15-20-7-4-3-6-19(20)13-27)16-22-8-5-10-32(22)25(34)12-21-14-28-18-29-21/h3-4,6-7,9,14,18,22H,5,8,10-12,15-17H2,1-2H3,(H,28,29)(H,30,33)/b23-9+/t22-/m0/s1. The molecule has 0 saturated carbocycles. The normalized spacial score (nSPS) is 15.5. The largest absolute Gasteiger partial charge is 0.464 e. The Morgan fingerprint density at radius 3 is 2.89 bits per heavy atom. The smallest absolute Gasteiger partial charge is 0.354 e. The molecule has 1 atom stereocenters. The molecule has 0 unspecified atom stereocenters. The third-order valence-electron chi connectivity index (χ3n) is 6.10. The lowest BCUT2D eigenvalue weighted by Gasteiger charge is -2.31. The number of H-pyrrole nitrogens is 1. The van der Waals surface area contributed by atoms with E-state index >= 15 is 0 Å². The summed E-state index contributed by atoms with van der Waals surface area (Å²) in [4.78, 5) is 48.9. The van der Waals surface area contributed by atoms with Gasteiger partial charge in [-0.05, 0) is 36.8 Å². The molecule has 1 saturated heterocycles. The number of hydrogen-bond acceptors (Lipinski definition) is 8. The number of aromatic amines is 1. The number of nitrogens with one attached hydrogen (secondary N) is 2. The zero-order valence-corrected chi connectivity index (χ0v) is 21.9. The summed E-state index contributed by atoms with van der Waals surface area (Å²) in [5, 5.41) is 12.2. The van der Waals surface area contributed by atoms with Crippen LogP contribution in [0.1, 0.15) is 29.7 Å². The molecule has 10 nitrogen and oxygen atoms in total. The number of hydrogen-bond donors (Lipinski definition) is 2. The highest BCUT2D eigenvalue weighted by Gasteiger charge is 2.31. The van der Waals surface area contributed by atoms with E-state index < -0.39 is 5.97 Å². The number of nitriles is 1. The van der Waals surface area contributed by atoms with Gasteiger partial charge in [-0.15, -0.1) is 0 Å². The quantitative estimate of drug-likeness (QED) is 0.318. The lowest BCUT2D eigenvalue weighted by atomic mass is 10.1. The highest BCUT2D eigenvalue weighted by atomic mass is 32.2. The maximum atomic E-state index is 13.0. The predicted octanol–water partition coefficient (Wildman–Crippen LogP) is 1.85. The molecule has 1 fully saturated rings. The Morgan fingerprint density at radius 2 is 2.19 bits per heavy atom. The average molecular weight is 525 g/mol. The van der Waals surface area contributed by atoms with Crippen molar-refractivity contribution < 1.29 is 19.1 Å². The van der Waals surface area contributed by atoms with Gasteiger partial charge in [0.2, 0.25) is 11.8 Å². The Morgan fingerprint density at radius 1 is 1.38 bits per heavy atom. The van der Waals surface area contributed by atoms with Gasteiger partial charge in [0.15, 0.2) is 0 Å². The van der Waals surface area contributed by atoms with Gasteiger partial charge in [-0.2, -0.15) is 17.0 Å². The van der Waals surface area contributed by atoms with Gasteiger partial charge in [0.05, 0.1) is 38.0 Å². The number of methoxy groups -OCH3 is 1. The third-order valence-corrected chi connectivity index (χ3v) is 6.60. The molecule has 0 bridgehead atoms. The first-order valence-corrected chi connectivity index (χ1v) is 13.4. The first kappa shape index (κ1) is 28.0. The molecule has 196 valence electrons. The summed E-state index contributed by atoms with van der Waals surface area (Å²) < 4.78 is 4.80. The number of aromatic nitrogens is 2. The topological polar surface area (TPSA) is 131 Å². The molecule has 11 heteroatoms. The van der Waals surface area contributed by atoms with Crippen LogP contribution in [-0.2, 0) is 32.1 Å². The lowest BCUT2D eigenvalue weighted by Crippen LogP contribution is -2.46. The molecule has 0 aliphatic carbocycles. The summed E-state index contributed by atoms with van der Waals surface area (Å²) in [6.07, 6.45) is 8.62. The predicted molar refractivity (Wildman–Crippen MR) is 140 cm³/mol. The van der Waals surface area contributed by atoms with Crippen LogP contribution in [0.5, 0.6) is 0 Å². The van der Waals surface area contributed by atoms with Crippen molar-refractivity contribution in [3.8, 4) is 6.07 Å². The maximum Gasteiger partial charge on any atom is 0.354 e. The third kappa shape index (κ3) is 8.20. The molecule has 1 aromatic heterocycles. The minimum atomic E-state index is -0.616. The van der Waals surface area contributed by atoms with E-state index in [4.69, 9.17) is 4.74 Å². The molecule has 2 heterocycles. The number of imidazole rings is 1. The molecule has 2 aromatic rings. The molecule has 37 heavy (non-hydrogen) atoms. The van der Waals surface area contributed by atoms with E-state index in [1.165, 1.54) is 18.9 Å². The molecule has 1 aromatic carbocycles. The van der Waals surface area contributed by atoms with E-state index in [0.717, 1.165) is 24.1 Å². The van der Waals surface area contributed by atoms with Crippen molar-refractivity contribution >= 4 is 29.5 Å². The first-order chi connectivity index (χ1) is 17.9. The van der Waals surface area contributed by atoms with Crippen LogP contribution in [0.15, 0.2) is 48.6 Å². The molecule has 2 amide bonds. The Balaban J connectivity index is 1.76. The summed E-state index contributed by atoms with van der Waals surface area (Å²) in [5.41, 5.74) is 2.16. The van der Waals surface area contributed by atoms with E-state index in [-0.39, 0.29) is 36.5 Å². The molecular formula is C26H32N6O4S. The van der Waals surface area contributed by atoms with Crippen molar-refractivity contribution in [2.45, 2.75) is 31.8 Å². The van der Waals surface area contributed by atoms with Gasteiger partial charge in [0.25, 0.3) is 0 Å². The molecule has 0 spiro atoms.